The van der Waals surface area contributed by atoms with E-state index in [1.807, 2.05) is 28.9 Å². The number of aromatic nitrogens is 2. The molecule has 0 bridgehead atoms. The van der Waals surface area contributed by atoms with Crippen LogP contribution in [-0.2, 0) is 6.54 Å². The highest BCUT2D eigenvalue weighted by Gasteiger charge is 2.03. The highest BCUT2D eigenvalue weighted by Crippen LogP contribution is 2.11. The van der Waals surface area contributed by atoms with E-state index in [1.165, 1.54) is 12.8 Å². The lowest BCUT2D eigenvalue weighted by Gasteiger charge is -2.20. The van der Waals surface area contributed by atoms with Gasteiger partial charge in [0.05, 0.1) is 10.7 Å². The van der Waals surface area contributed by atoms with Crippen LogP contribution in [0.2, 0.25) is 5.02 Å². The summed E-state index contributed by atoms with van der Waals surface area (Å²) in [6.07, 6.45) is 6.33. The Bertz CT molecular complexity index is 564. The van der Waals surface area contributed by atoms with Crippen LogP contribution in [-0.4, -0.2) is 40.5 Å². The number of hydrogen-bond donors (Lipinski definition) is 1. The Morgan fingerprint density at radius 1 is 1.29 bits per heavy atom. The molecule has 0 unspecified atom stereocenters. The van der Waals surface area contributed by atoms with Gasteiger partial charge in [-0.05, 0) is 59.0 Å². The van der Waals surface area contributed by atoms with E-state index in [1.54, 1.807) is 0 Å². The first-order chi connectivity index (χ1) is 10.1. The van der Waals surface area contributed by atoms with Crippen molar-refractivity contribution in [2.75, 3.05) is 20.1 Å². The smallest absolute Gasteiger partial charge is 0.137 e. The third-order valence-corrected chi connectivity index (χ3v) is 3.99. The fourth-order valence-electron chi connectivity index (χ4n) is 2.19. The number of nitrogens with zero attached hydrogens (tertiary/aromatic N) is 3. The minimum absolute atomic E-state index is 0.628. The van der Waals surface area contributed by atoms with E-state index in [4.69, 9.17) is 11.6 Å². The number of rotatable bonds is 8. The van der Waals surface area contributed by atoms with E-state index in [0.717, 1.165) is 36.0 Å². The zero-order chi connectivity index (χ0) is 15.2. The average molecular weight is 309 g/mol. The van der Waals surface area contributed by atoms with Crippen LogP contribution in [0.5, 0.6) is 0 Å². The van der Waals surface area contributed by atoms with Gasteiger partial charge in [0.15, 0.2) is 0 Å². The monoisotopic (exact) mass is 308 g/mol. The van der Waals surface area contributed by atoms with E-state index in [-0.39, 0.29) is 0 Å². The van der Waals surface area contributed by atoms with Gasteiger partial charge in [-0.25, -0.2) is 4.98 Å². The lowest BCUT2D eigenvalue weighted by molar-refractivity contribution is 0.268. The molecule has 2 rings (SSSR count). The summed E-state index contributed by atoms with van der Waals surface area (Å²) in [4.78, 5) is 6.94. The highest BCUT2D eigenvalue weighted by atomic mass is 35.5. The maximum atomic E-state index is 5.97. The molecular formula is C16H25ClN4. The summed E-state index contributed by atoms with van der Waals surface area (Å²) < 4.78 is 1.97. The van der Waals surface area contributed by atoms with Crippen LogP contribution >= 0.6 is 11.6 Å². The molecule has 0 amide bonds. The van der Waals surface area contributed by atoms with Crippen molar-refractivity contribution in [2.24, 2.45) is 0 Å². The Labute approximate surface area is 132 Å². The number of pyridine rings is 1. The quantitative estimate of drug-likeness (QED) is 0.760. The molecule has 0 radical (unpaired) electrons. The van der Waals surface area contributed by atoms with Gasteiger partial charge >= 0.3 is 0 Å². The summed E-state index contributed by atoms with van der Waals surface area (Å²) in [5, 5.41) is 4.18. The van der Waals surface area contributed by atoms with Gasteiger partial charge in [0.25, 0.3) is 0 Å². The second kappa shape index (κ2) is 7.78. The van der Waals surface area contributed by atoms with Crippen LogP contribution in [0.3, 0.4) is 0 Å². The third-order valence-electron chi connectivity index (χ3n) is 3.77. The molecule has 0 saturated heterocycles. The maximum Gasteiger partial charge on any atom is 0.137 e. The van der Waals surface area contributed by atoms with Gasteiger partial charge in [-0.3, -0.25) is 0 Å². The lowest BCUT2D eigenvalue weighted by atomic mass is 10.2. The van der Waals surface area contributed by atoms with Crippen LogP contribution in [0.15, 0.2) is 24.5 Å². The molecule has 1 N–H and O–H groups in total. The highest BCUT2D eigenvalue weighted by molar-refractivity contribution is 6.30. The standard InChI is InChI=1S/C16H25ClN4/c1-13(2)20(3)9-5-4-8-18-10-15-12-21-11-14(17)6-7-16(21)19-15/h6-7,11-13,18H,4-5,8-10H2,1-3H3. The zero-order valence-electron chi connectivity index (χ0n) is 13.1. The Kier molecular flexibility index (Phi) is 6.03. The van der Waals surface area contributed by atoms with Gasteiger partial charge in [0, 0.05) is 25.0 Å². The molecule has 0 spiro atoms. The van der Waals surface area contributed by atoms with Gasteiger partial charge in [0.1, 0.15) is 5.65 Å². The molecule has 2 aromatic heterocycles. The predicted molar refractivity (Wildman–Crippen MR) is 88.9 cm³/mol. The predicted octanol–water partition coefficient (Wildman–Crippen LogP) is 3.20. The molecular weight excluding hydrogens is 284 g/mol. The van der Waals surface area contributed by atoms with Crippen molar-refractivity contribution in [1.29, 1.82) is 0 Å². The zero-order valence-corrected chi connectivity index (χ0v) is 13.9. The second-order valence-corrected chi connectivity index (χ2v) is 6.24. The van der Waals surface area contributed by atoms with Crippen LogP contribution in [0, 0.1) is 0 Å². The molecule has 0 atom stereocenters. The van der Waals surface area contributed by atoms with E-state index < -0.39 is 0 Å². The first-order valence-electron chi connectivity index (χ1n) is 7.60. The van der Waals surface area contributed by atoms with E-state index in [0.29, 0.717) is 6.04 Å². The van der Waals surface area contributed by atoms with Gasteiger partial charge < -0.3 is 14.6 Å². The van der Waals surface area contributed by atoms with Crippen LogP contribution in [0.25, 0.3) is 5.65 Å². The van der Waals surface area contributed by atoms with Crippen LogP contribution < -0.4 is 5.32 Å². The van der Waals surface area contributed by atoms with Gasteiger partial charge in [0.2, 0.25) is 0 Å². The second-order valence-electron chi connectivity index (χ2n) is 5.80. The number of hydrogen-bond acceptors (Lipinski definition) is 3. The molecule has 116 valence electrons. The molecule has 0 aliphatic rings. The summed E-state index contributed by atoms with van der Waals surface area (Å²) in [5.74, 6) is 0. The summed E-state index contributed by atoms with van der Waals surface area (Å²) >= 11 is 5.97. The summed E-state index contributed by atoms with van der Waals surface area (Å²) in [6.45, 7) is 7.45. The Balaban J connectivity index is 1.68. The van der Waals surface area contributed by atoms with Crippen molar-refractivity contribution in [3.63, 3.8) is 0 Å². The number of fused-ring (bicyclic) bond motifs is 1. The molecule has 0 fully saturated rings. The molecule has 2 heterocycles. The van der Waals surface area contributed by atoms with Gasteiger partial charge in [-0.15, -0.1) is 0 Å². The molecule has 0 aliphatic carbocycles. The molecule has 5 heteroatoms. The van der Waals surface area contributed by atoms with Crippen molar-refractivity contribution < 1.29 is 0 Å². The van der Waals surface area contributed by atoms with E-state index in [9.17, 15) is 0 Å². The van der Waals surface area contributed by atoms with Crippen molar-refractivity contribution in [1.82, 2.24) is 19.6 Å². The fraction of sp³-hybridized carbons (Fsp3) is 0.562. The van der Waals surface area contributed by atoms with Gasteiger partial charge in [-0.1, -0.05) is 11.6 Å². The topological polar surface area (TPSA) is 32.6 Å². The summed E-state index contributed by atoms with van der Waals surface area (Å²) in [7, 11) is 2.18. The molecule has 2 aromatic rings. The SMILES string of the molecule is CC(C)N(C)CCCCNCc1cn2cc(Cl)ccc2n1. The minimum Gasteiger partial charge on any atom is -0.311 e. The Hall–Kier alpha value is -1.10. The summed E-state index contributed by atoms with van der Waals surface area (Å²) in [5.41, 5.74) is 1.99. The Morgan fingerprint density at radius 2 is 2.10 bits per heavy atom. The maximum absolute atomic E-state index is 5.97. The third kappa shape index (κ3) is 4.99. The van der Waals surface area contributed by atoms with E-state index in [2.05, 4.69) is 36.1 Å². The van der Waals surface area contributed by atoms with E-state index >= 15 is 0 Å². The number of nitrogens with one attached hydrogen (secondary N) is 1. The van der Waals surface area contributed by atoms with Crippen molar-refractivity contribution >= 4 is 17.2 Å². The Morgan fingerprint density at radius 3 is 2.86 bits per heavy atom. The molecule has 0 aliphatic heterocycles. The summed E-state index contributed by atoms with van der Waals surface area (Å²) in [6, 6.07) is 4.43. The van der Waals surface area contributed by atoms with Crippen molar-refractivity contribution in [2.45, 2.75) is 39.3 Å². The minimum atomic E-state index is 0.628. The van der Waals surface area contributed by atoms with Crippen LogP contribution in [0.1, 0.15) is 32.4 Å². The lowest BCUT2D eigenvalue weighted by Crippen LogP contribution is -2.27. The molecule has 0 saturated carbocycles. The van der Waals surface area contributed by atoms with Gasteiger partial charge in [-0.2, -0.15) is 0 Å². The number of halogens is 1. The normalized spacial score (nSPS) is 11.9. The van der Waals surface area contributed by atoms with Crippen molar-refractivity contribution in [3.8, 4) is 0 Å². The van der Waals surface area contributed by atoms with Crippen molar-refractivity contribution in [3.05, 3.63) is 35.2 Å². The molecule has 0 aromatic carbocycles. The largest absolute Gasteiger partial charge is 0.311 e. The molecule has 21 heavy (non-hydrogen) atoms. The first kappa shape index (κ1) is 16.3. The number of imidazole rings is 1. The number of unbranched alkanes of at least 4 members (excludes halogenated alkanes) is 1. The molecule has 4 nitrogen and oxygen atoms in total. The first-order valence-corrected chi connectivity index (χ1v) is 7.98. The average Bonchev–Trinajstić information content (AvgIpc) is 2.83. The van der Waals surface area contributed by atoms with Crippen LogP contribution in [0.4, 0.5) is 0 Å². The fourth-order valence-corrected chi connectivity index (χ4v) is 2.36.